The number of amides is 1. The third kappa shape index (κ3) is 2.47. The topological polar surface area (TPSA) is 69.6 Å². The van der Waals surface area contributed by atoms with Gasteiger partial charge in [-0.1, -0.05) is 6.07 Å². The van der Waals surface area contributed by atoms with Gasteiger partial charge in [0.05, 0.1) is 6.61 Å². The van der Waals surface area contributed by atoms with Gasteiger partial charge in [0.15, 0.2) is 0 Å². The maximum absolute atomic E-state index is 11.3. The Balaban J connectivity index is 2.76. The number of nitrogens with one attached hydrogen (secondary N) is 1. The quantitative estimate of drug-likeness (QED) is 0.654. The molecule has 0 fully saturated rings. The minimum Gasteiger partial charge on any atom is -0.508 e. The van der Waals surface area contributed by atoms with Crippen LogP contribution in [-0.4, -0.2) is 29.3 Å². The molecule has 0 spiro atoms. The Bertz CT molecular complexity index is 336. The highest BCUT2D eigenvalue weighted by atomic mass is 16.3. The molecular weight excluding hydrogens is 182 g/mol. The van der Waals surface area contributed by atoms with Gasteiger partial charge in [-0.25, -0.2) is 0 Å². The van der Waals surface area contributed by atoms with Gasteiger partial charge < -0.3 is 15.5 Å². The van der Waals surface area contributed by atoms with E-state index in [1.54, 1.807) is 19.1 Å². The predicted molar refractivity (Wildman–Crippen MR) is 52.3 cm³/mol. The molecule has 3 N–H and O–H groups in total. The van der Waals surface area contributed by atoms with Crippen LogP contribution in [0.5, 0.6) is 5.75 Å². The Morgan fingerprint density at radius 3 is 2.79 bits per heavy atom. The Hall–Kier alpha value is -1.55. The van der Waals surface area contributed by atoms with Gasteiger partial charge in [-0.2, -0.15) is 0 Å². The van der Waals surface area contributed by atoms with E-state index in [0.29, 0.717) is 5.56 Å². The van der Waals surface area contributed by atoms with E-state index in [9.17, 15) is 9.90 Å². The van der Waals surface area contributed by atoms with E-state index in [2.05, 4.69) is 5.32 Å². The lowest BCUT2D eigenvalue weighted by Crippen LogP contribution is -2.26. The number of aliphatic hydroxyl groups excluding tert-OH is 1. The first-order valence-electron chi connectivity index (χ1n) is 4.34. The lowest BCUT2D eigenvalue weighted by molar-refractivity contribution is 0.0944. The average Bonchev–Trinajstić information content (AvgIpc) is 2.18. The molecular formula is C10H13NO3. The molecule has 0 saturated heterocycles. The highest BCUT2D eigenvalue weighted by Crippen LogP contribution is 2.17. The predicted octanol–water partition coefficient (Wildman–Crippen LogP) is 0.423. The summed E-state index contributed by atoms with van der Waals surface area (Å²) in [4.78, 5) is 11.3. The summed E-state index contributed by atoms with van der Waals surface area (Å²) in [6.45, 7) is 1.88. The first kappa shape index (κ1) is 10.5. The summed E-state index contributed by atoms with van der Waals surface area (Å²) in [6, 6.07) is 4.70. The van der Waals surface area contributed by atoms with Gasteiger partial charge in [-0.3, -0.25) is 4.79 Å². The van der Waals surface area contributed by atoms with Crippen LogP contribution in [0, 0.1) is 6.92 Å². The van der Waals surface area contributed by atoms with E-state index in [1.165, 1.54) is 6.07 Å². The lowest BCUT2D eigenvalue weighted by Gasteiger charge is -2.04. The highest BCUT2D eigenvalue weighted by Gasteiger charge is 2.06. The molecule has 1 aromatic carbocycles. The summed E-state index contributed by atoms with van der Waals surface area (Å²) in [7, 11) is 0. The molecule has 0 aliphatic rings. The first-order chi connectivity index (χ1) is 6.65. The van der Waals surface area contributed by atoms with Crippen LogP contribution in [0.2, 0.25) is 0 Å². The number of aromatic hydroxyl groups is 1. The van der Waals surface area contributed by atoms with Crippen molar-refractivity contribution in [2.45, 2.75) is 6.92 Å². The van der Waals surface area contributed by atoms with Crippen LogP contribution in [-0.2, 0) is 0 Å². The Labute approximate surface area is 82.2 Å². The van der Waals surface area contributed by atoms with Crippen molar-refractivity contribution in [3.8, 4) is 5.75 Å². The molecule has 0 aliphatic carbocycles. The maximum Gasteiger partial charge on any atom is 0.251 e. The number of rotatable bonds is 3. The fraction of sp³-hybridized carbons (Fsp3) is 0.300. The van der Waals surface area contributed by atoms with E-state index in [0.717, 1.165) is 5.56 Å². The van der Waals surface area contributed by atoms with Crippen LogP contribution < -0.4 is 5.32 Å². The summed E-state index contributed by atoms with van der Waals surface area (Å²) < 4.78 is 0. The number of carbonyl (C=O) groups is 1. The molecule has 0 bridgehead atoms. The van der Waals surface area contributed by atoms with Crippen LogP contribution in [0.3, 0.4) is 0 Å². The number of hydrogen-bond donors (Lipinski definition) is 3. The standard InChI is InChI=1S/C10H13NO3/c1-7-2-3-8(6-9(7)13)10(14)11-4-5-12/h2-3,6,12-13H,4-5H2,1H3,(H,11,14). The molecule has 1 aromatic rings. The molecule has 4 heteroatoms. The van der Waals surface area contributed by atoms with Crippen molar-refractivity contribution in [3.63, 3.8) is 0 Å². The van der Waals surface area contributed by atoms with E-state index >= 15 is 0 Å². The summed E-state index contributed by atoms with van der Waals surface area (Å²) in [5.74, 6) is -0.198. The molecule has 0 saturated carbocycles. The molecule has 0 aromatic heterocycles. The second kappa shape index (κ2) is 4.62. The number of hydrogen-bond acceptors (Lipinski definition) is 3. The van der Waals surface area contributed by atoms with Gasteiger partial charge in [-0.05, 0) is 24.6 Å². The molecule has 14 heavy (non-hydrogen) atoms. The van der Waals surface area contributed by atoms with Crippen molar-refractivity contribution in [2.24, 2.45) is 0 Å². The summed E-state index contributed by atoms with van der Waals surface area (Å²) in [5, 5.41) is 20.3. The zero-order chi connectivity index (χ0) is 10.6. The zero-order valence-electron chi connectivity index (χ0n) is 7.95. The number of phenolic OH excluding ortho intramolecular Hbond substituents is 1. The van der Waals surface area contributed by atoms with Gasteiger partial charge in [0.2, 0.25) is 0 Å². The molecule has 1 rings (SSSR count). The monoisotopic (exact) mass is 195 g/mol. The molecule has 0 unspecified atom stereocenters. The van der Waals surface area contributed by atoms with Gasteiger partial charge in [0.25, 0.3) is 5.91 Å². The van der Waals surface area contributed by atoms with Crippen molar-refractivity contribution < 1.29 is 15.0 Å². The molecule has 4 nitrogen and oxygen atoms in total. The number of phenols is 1. The van der Waals surface area contributed by atoms with Crippen LogP contribution in [0.25, 0.3) is 0 Å². The average molecular weight is 195 g/mol. The normalized spacial score (nSPS) is 9.86. The van der Waals surface area contributed by atoms with Gasteiger partial charge in [0.1, 0.15) is 5.75 Å². The number of carbonyl (C=O) groups excluding carboxylic acids is 1. The fourth-order valence-electron chi connectivity index (χ4n) is 1.02. The second-order valence-electron chi connectivity index (χ2n) is 2.98. The van der Waals surface area contributed by atoms with Crippen molar-refractivity contribution in [2.75, 3.05) is 13.2 Å². The number of benzene rings is 1. The lowest BCUT2D eigenvalue weighted by atomic mass is 10.1. The van der Waals surface area contributed by atoms with Gasteiger partial charge >= 0.3 is 0 Å². The molecule has 0 aliphatic heterocycles. The van der Waals surface area contributed by atoms with Gasteiger partial charge in [-0.15, -0.1) is 0 Å². The Morgan fingerprint density at radius 1 is 1.50 bits per heavy atom. The van der Waals surface area contributed by atoms with Crippen LogP contribution >= 0.6 is 0 Å². The largest absolute Gasteiger partial charge is 0.508 e. The van der Waals surface area contributed by atoms with Crippen LogP contribution in [0.15, 0.2) is 18.2 Å². The van der Waals surface area contributed by atoms with Crippen molar-refractivity contribution >= 4 is 5.91 Å². The third-order valence-corrected chi connectivity index (χ3v) is 1.87. The summed E-state index contributed by atoms with van der Waals surface area (Å²) in [6.07, 6.45) is 0. The third-order valence-electron chi connectivity index (χ3n) is 1.87. The summed E-state index contributed by atoms with van der Waals surface area (Å²) >= 11 is 0. The second-order valence-corrected chi connectivity index (χ2v) is 2.98. The van der Waals surface area contributed by atoms with E-state index in [4.69, 9.17) is 5.11 Å². The van der Waals surface area contributed by atoms with Crippen molar-refractivity contribution in [1.29, 1.82) is 0 Å². The summed E-state index contributed by atoms with van der Waals surface area (Å²) in [5.41, 5.74) is 1.12. The van der Waals surface area contributed by atoms with E-state index in [-0.39, 0.29) is 24.8 Å². The minimum atomic E-state index is -0.297. The molecule has 0 radical (unpaired) electrons. The fourth-order valence-corrected chi connectivity index (χ4v) is 1.02. The number of aryl methyl sites for hydroxylation is 1. The first-order valence-corrected chi connectivity index (χ1v) is 4.34. The highest BCUT2D eigenvalue weighted by molar-refractivity contribution is 5.94. The van der Waals surface area contributed by atoms with Gasteiger partial charge in [0, 0.05) is 12.1 Å². The number of aliphatic hydroxyl groups is 1. The zero-order valence-corrected chi connectivity index (χ0v) is 7.95. The smallest absolute Gasteiger partial charge is 0.251 e. The Morgan fingerprint density at radius 2 is 2.21 bits per heavy atom. The van der Waals surface area contributed by atoms with Crippen LogP contribution in [0.1, 0.15) is 15.9 Å². The maximum atomic E-state index is 11.3. The SMILES string of the molecule is Cc1ccc(C(=O)NCCO)cc1O. The van der Waals surface area contributed by atoms with E-state index < -0.39 is 0 Å². The Kier molecular flexibility index (Phi) is 3.48. The minimum absolute atomic E-state index is 0.0937. The van der Waals surface area contributed by atoms with Crippen molar-refractivity contribution in [1.82, 2.24) is 5.32 Å². The molecule has 1 amide bonds. The van der Waals surface area contributed by atoms with Crippen molar-refractivity contribution in [3.05, 3.63) is 29.3 Å². The molecule has 0 atom stereocenters. The van der Waals surface area contributed by atoms with Crippen LogP contribution in [0.4, 0.5) is 0 Å². The molecule has 0 heterocycles. The van der Waals surface area contributed by atoms with E-state index in [1.807, 2.05) is 0 Å². The molecule has 76 valence electrons.